The van der Waals surface area contributed by atoms with Gasteiger partial charge in [0.25, 0.3) is 5.56 Å². The highest BCUT2D eigenvalue weighted by Gasteiger charge is 2.10. The molecular formula is C17H15N5O2. The molecule has 3 rings (SSSR count). The van der Waals surface area contributed by atoms with E-state index in [4.69, 9.17) is 4.74 Å². The third kappa shape index (κ3) is 3.19. The Balaban J connectivity index is 2.04. The molecule has 0 saturated carbocycles. The van der Waals surface area contributed by atoms with Gasteiger partial charge in [-0.25, -0.2) is 0 Å². The van der Waals surface area contributed by atoms with Crippen molar-refractivity contribution in [3.63, 3.8) is 0 Å². The fourth-order valence-corrected chi connectivity index (χ4v) is 2.06. The van der Waals surface area contributed by atoms with Gasteiger partial charge in [0, 0.05) is 18.0 Å². The molecule has 7 nitrogen and oxygen atoms in total. The number of aromatic nitrogens is 4. The van der Waals surface area contributed by atoms with E-state index >= 15 is 0 Å². The molecule has 0 spiro atoms. The molecule has 0 unspecified atom stereocenters. The van der Waals surface area contributed by atoms with Crippen molar-refractivity contribution in [3.8, 4) is 17.1 Å². The average Bonchev–Trinajstić information content (AvgIpc) is 2.64. The van der Waals surface area contributed by atoms with Crippen molar-refractivity contribution in [3.05, 3.63) is 70.4 Å². The largest absolute Gasteiger partial charge is 0.497 e. The minimum absolute atomic E-state index is 0.277. The monoisotopic (exact) mass is 321 g/mol. The summed E-state index contributed by atoms with van der Waals surface area (Å²) in [4.78, 5) is 16.4. The van der Waals surface area contributed by atoms with Gasteiger partial charge in [-0.3, -0.25) is 9.78 Å². The molecular weight excluding hydrogens is 306 g/mol. The van der Waals surface area contributed by atoms with Crippen LogP contribution in [0.1, 0.15) is 11.3 Å². The Bertz CT molecular complexity index is 918. The quantitative estimate of drug-likeness (QED) is 0.685. The fourth-order valence-electron chi connectivity index (χ4n) is 2.06. The van der Waals surface area contributed by atoms with Crippen LogP contribution in [0.3, 0.4) is 0 Å². The second-order valence-electron chi connectivity index (χ2n) is 4.98. The number of rotatable bonds is 4. The van der Waals surface area contributed by atoms with Crippen LogP contribution in [0, 0.1) is 6.92 Å². The molecule has 0 atom stereocenters. The maximum Gasteiger partial charge on any atom is 0.296 e. The Morgan fingerprint density at radius 2 is 1.79 bits per heavy atom. The molecule has 3 aromatic rings. The number of hydrogen-bond acceptors (Lipinski definition) is 6. The minimum Gasteiger partial charge on any atom is -0.497 e. The summed E-state index contributed by atoms with van der Waals surface area (Å²) in [5.41, 5.74) is 1.50. The molecule has 0 aliphatic heterocycles. The molecule has 120 valence electrons. The number of pyridine rings is 1. The second kappa shape index (κ2) is 6.82. The van der Waals surface area contributed by atoms with Crippen LogP contribution in [-0.4, -0.2) is 33.2 Å². The molecule has 2 aromatic heterocycles. The molecule has 0 aliphatic carbocycles. The van der Waals surface area contributed by atoms with Gasteiger partial charge in [0.1, 0.15) is 11.4 Å². The van der Waals surface area contributed by atoms with Gasteiger partial charge in [-0.1, -0.05) is 0 Å². The van der Waals surface area contributed by atoms with Crippen LogP contribution in [0.4, 0.5) is 0 Å². The first-order valence-corrected chi connectivity index (χ1v) is 7.24. The van der Waals surface area contributed by atoms with Crippen LogP contribution in [0.25, 0.3) is 11.4 Å². The van der Waals surface area contributed by atoms with Crippen molar-refractivity contribution in [1.29, 1.82) is 0 Å². The Morgan fingerprint density at radius 1 is 1.08 bits per heavy atom. The zero-order valence-electron chi connectivity index (χ0n) is 13.2. The Labute approximate surface area is 138 Å². The van der Waals surface area contributed by atoms with Crippen molar-refractivity contribution in [2.24, 2.45) is 5.10 Å². The summed E-state index contributed by atoms with van der Waals surface area (Å²) in [6.07, 6.45) is 4.84. The molecule has 0 aliphatic rings. The predicted octanol–water partition coefficient (Wildman–Crippen LogP) is 1.90. The Kier molecular flexibility index (Phi) is 4.42. The first-order chi connectivity index (χ1) is 11.7. The first kappa shape index (κ1) is 15.5. The summed E-state index contributed by atoms with van der Waals surface area (Å²) in [5, 5.41) is 12.3. The summed E-state index contributed by atoms with van der Waals surface area (Å²) < 4.78 is 6.36. The van der Waals surface area contributed by atoms with E-state index in [0.717, 1.165) is 11.3 Å². The normalized spacial score (nSPS) is 10.9. The van der Waals surface area contributed by atoms with Crippen LogP contribution in [0.5, 0.6) is 5.75 Å². The van der Waals surface area contributed by atoms with E-state index in [1.54, 1.807) is 44.8 Å². The molecule has 2 heterocycles. The van der Waals surface area contributed by atoms with E-state index in [2.05, 4.69) is 20.3 Å². The smallest absolute Gasteiger partial charge is 0.296 e. The standard InChI is InChI=1S/C17H15N5O2/c1-12-17(23)22(16(21-20-12)14-7-9-18-10-8-14)19-11-13-3-5-15(24-2)6-4-13/h3-11H,1-2H3/b19-11-. The maximum atomic E-state index is 12.4. The summed E-state index contributed by atoms with van der Waals surface area (Å²) in [6.45, 7) is 1.60. The van der Waals surface area contributed by atoms with Crippen molar-refractivity contribution in [2.75, 3.05) is 7.11 Å². The zero-order valence-corrected chi connectivity index (χ0v) is 13.2. The molecule has 7 heteroatoms. The average molecular weight is 321 g/mol. The Hall–Kier alpha value is -3.35. The summed E-state index contributed by atoms with van der Waals surface area (Å²) in [7, 11) is 1.61. The molecule has 0 N–H and O–H groups in total. The highest BCUT2D eigenvalue weighted by atomic mass is 16.5. The molecule has 0 radical (unpaired) electrons. The molecule has 0 bridgehead atoms. The lowest BCUT2D eigenvalue weighted by molar-refractivity contribution is 0.415. The number of methoxy groups -OCH3 is 1. The molecule has 0 amide bonds. The zero-order chi connectivity index (χ0) is 16.9. The third-order valence-electron chi connectivity index (χ3n) is 3.37. The molecule has 24 heavy (non-hydrogen) atoms. The molecule has 0 saturated heterocycles. The predicted molar refractivity (Wildman–Crippen MR) is 90.2 cm³/mol. The van der Waals surface area contributed by atoms with Crippen LogP contribution < -0.4 is 10.3 Å². The van der Waals surface area contributed by atoms with Crippen LogP contribution >= 0.6 is 0 Å². The van der Waals surface area contributed by atoms with Crippen molar-refractivity contribution < 1.29 is 4.74 Å². The number of ether oxygens (including phenoxy) is 1. The second-order valence-corrected chi connectivity index (χ2v) is 4.98. The third-order valence-corrected chi connectivity index (χ3v) is 3.37. The van der Waals surface area contributed by atoms with Gasteiger partial charge in [0.15, 0.2) is 5.82 Å². The van der Waals surface area contributed by atoms with E-state index < -0.39 is 0 Å². The van der Waals surface area contributed by atoms with Crippen LogP contribution in [0.15, 0.2) is 58.7 Å². The van der Waals surface area contributed by atoms with E-state index in [0.29, 0.717) is 11.4 Å². The van der Waals surface area contributed by atoms with Crippen molar-refractivity contribution in [2.45, 2.75) is 6.92 Å². The number of nitrogens with zero attached hydrogens (tertiary/aromatic N) is 5. The van der Waals surface area contributed by atoms with Gasteiger partial charge < -0.3 is 4.74 Å². The van der Waals surface area contributed by atoms with Gasteiger partial charge >= 0.3 is 0 Å². The highest BCUT2D eigenvalue weighted by Crippen LogP contribution is 2.14. The summed E-state index contributed by atoms with van der Waals surface area (Å²) in [5.74, 6) is 1.11. The number of benzene rings is 1. The number of hydrogen-bond donors (Lipinski definition) is 0. The van der Waals surface area contributed by atoms with E-state index in [-0.39, 0.29) is 11.3 Å². The molecule has 0 fully saturated rings. The van der Waals surface area contributed by atoms with Gasteiger partial charge in [-0.15, -0.1) is 10.2 Å². The van der Waals surface area contributed by atoms with E-state index in [1.807, 2.05) is 24.3 Å². The highest BCUT2D eigenvalue weighted by molar-refractivity contribution is 5.79. The van der Waals surface area contributed by atoms with Crippen LogP contribution in [0.2, 0.25) is 0 Å². The van der Waals surface area contributed by atoms with E-state index in [1.165, 1.54) is 4.68 Å². The summed E-state index contributed by atoms with van der Waals surface area (Å²) >= 11 is 0. The summed E-state index contributed by atoms with van der Waals surface area (Å²) in [6, 6.07) is 10.8. The Morgan fingerprint density at radius 3 is 2.46 bits per heavy atom. The van der Waals surface area contributed by atoms with Gasteiger partial charge in [0.05, 0.1) is 13.3 Å². The maximum absolute atomic E-state index is 12.4. The lowest BCUT2D eigenvalue weighted by atomic mass is 10.2. The molecule has 1 aromatic carbocycles. The first-order valence-electron chi connectivity index (χ1n) is 7.24. The number of aryl methyl sites for hydroxylation is 1. The lowest BCUT2D eigenvalue weighted by Gasteiger charge is -2.06. The topological polar surface area (TPSA) is 82.3 Å². The van der Waals surface area contributed by atoms with Crippen LogP contribution in [-0.2, 0) is 0 Å². The minimum atomic E-state index is -0.318. The fraction of sp³-hybridized carbons (Fsp3) is 0.118. The van der Waals surface area contributed by atoms with E-state index in [9.17, 15) is 4.79 Å². The van der Waals surface area contributed by atoms with Gasteiger partial charge in [0.2, 0.25) is 0 Å². The van der Waals surface area contributed by atoms with Crippen molar-refractivity contribution >= 4 is 6.21 Å². The SMILES string of the molecule is COc1ccc(/C=N\n2c(-c3ccncc3)nnc(C)c2=O)cc1. The van der Waals surface area contributed by atoms with Crippen molar-refractivity contribution in [1.82, 2.24) is 19.9 Å². The lowest BCUT2D eigenvalue weighted by Crippen LogP contribution is -2.24. The van der Waals surface area contributed by atoms with Gasteiger partial charge in [-0.05, 0) is 48.9 Å². The van der Waals surface area contributed by atoms with Gasteiger partial charge in [-0.2, -0.15) is 9.78 Å².